The number of hydrogen-bond acceptors (Lipinski definition) is 3. The van der Waals surface area contributed by atoms with Crippen LogP contribution in [0.2, 0.25) is 0 Å². The largest absolute Gasteiger partial charge is 0.195 e. The van der Waals surface area contributed by atoms with Crippen molar-refractivity contribution in [1.82, 2.24) is 0 Å². The van der Waals surface area contributed by atoms with Gasteiger partial charge in [-0.25, -0.2) is 0 Å². The van der Waals surface area contributed by atoms with E-state index in [0.29, 0.717) is 0 Å². The van der Waals surface area contributed by atoms with Crippen molar-refractivity contribution in [1.29, 1.82) is 0 Å². The maximum absolute atomic E-state index is 4.61. The Hall–Kier alpha value is -3.07. The smallest absolute Gasteiger partial charge is 0.0740 e. The van der Waals surface area contributed by atoms with Gasteiger partial charge in [0.2, 0.25) is 0 Å². The number of benzene rings is 3. The predicted octanol–water partition coefficient (Wildman–Crippen LogP) is 6.07. The molecule has 0 heterocycles. The maximum atomic E-state index is 4.61. The van der Waals surface area contributed by atoms with Gasteiger partial charge in [-0.2, -0.15) is 4.99 Å². The third kappa shape index (κ3) is 5.46. The Balaban J connectivity index is 1.82. The van der Waals surface area contributed by atoms with E-state index in [4.69, 9.17) is 0 Å². The van der Waals surface area contributed by atoms with Gasteiger partial charge >= 0.3 is 0 Å². The van der Waals surface area contributed by atoms with Crippen LogP contribution in [-0.4, -0.2) is 5.16 Å². The topological polar surface area (TPSA) is 12.4 Å². The molecule has 1 nitrogen and oxygen atoms in total. The molecule has 0 aliphatic heterocycles. The quantitative estimate of drug-likeness (QED) is 0.240. The number of thiol groups is 1. The summed E-state index contributed by atoms with van der Waals surface area (Å²) in [6, 6.07) is 21.6. The third-order valence-electron chi connectivity index (χ3n) is 4.09. The van der Waals surface area contributed by atoms with Crippen molar-refractivity contribution in [3.63, 3.8) is 0 Å². The molecule has 0 spiro atoms. The van der Waals surface area contributed by atoms with Crippen LogP contribution >= 0.6 is 24.8 Å². The Morgan fingerprint density at radius 2 is 1.36 bits per heavy atom. The second-order valence-corrected chi connectivity index (χ2v) is 6.72. The fourth-order valence-corrected chi connectivity index (χ4v) is 2.84. The molecular weight excluding hydrogens is 378 g/mol. The molecule has 134 valence electrons. The molecule has 0 bridgehead atoms. The van der Waals surface area contributed by atoms with E-state index in [-0.39, 0.29) is 0 Å². The van der Waals surface area contributed by atoms with Gasteiger partial charge in [-0.3, -0.25) is 0 Å². The fraction of sp³-hybridized carbons (Fsp3) is 0.0800. The van der Waals surface area contributed by atoms with E-state index in [9.17, 15) is 0 Å². The lowest BCUT2D eigenvalue weighted by Crippen LogP contribution is -1.89. The van der Waals surface area contributed by atoms with Gasteiger partial charge in [-0.15, -0.1) is 12.6 Å². The Bertz CT molecular complexity index is 1150. The van der Waals surface area contributed by atoms with Gasteiger partial charge in [0.05, 0.1) is 10.8 Å². The minimum atomic E-state index is 0.779. The third-order valence-corrected chi connectivity index (χ3v) is 4.48. The molecule has 0 saturated heterocycles. The molecule has 0 saturated carbocycles. The zero-order valence-corrected chi connectivity index (χ0v) is 17.1. The second kappa shape index (κ2) is 9.75. The first-order valence-corrected chi connectivity index (χ1v) is 9.67. The van der Waals surface area contributed by atoms with Crippen molar-refractivity contribution in [2.75, 3.05) is 0 Å². The average molecular weight is 396 g/mol. The molecule has 0 N–H and O–H groups in total. The van der Waals surface area contributed by atoms with Gasteiger partial charge in [0, 0.05) is 27.1 Å². The van der Waals surface area contributed by atoms with Gasteiger partial charge in [-0.1, -0.05) is 30.6 Å². The summed E-state index contributed by atoms with van der Waals surface area (Å²) in [6.07, 6.45) is 0.899. The van der Waals surface area contributed by atoms with Crippen molar-refractivity contribution >= 4 is 35.7 Å². The summed E-state index contributed by atoms with van der Waals surface area (Å²) in [4.78, 5) is 4.88. The van der Waals surface area contributed by atoms with E-state index < -0.39 is 0 Å². The molecule has 3 rings (SSSR count). The molecular formula is C25H17NS2. The molecule has 0 unspecified atom stereocenters. The van der Waals surface area contributed by atoms with Crippen LogP contribution in [0.3, 0.4) is 0 Å². The number of aliphatic imine (C=N–C) groups is 1. The van der Waals surface area contributed by atoms with E-state index in [1.165, 1.54) is 5.56 Å². The summed E-state index contributed by atoms with van der Waals surface area (Å²) < 4.78 is 0. The van der Waals surface area contributed by atoms with Gasteiger partial charge in [0.25, 0.3) is 0 Å². The lowest BCUT2D eigenvalue weighted by Gasteiger charge is -2.02. The molecule has 0 radical (unpaired) electrons. The molecule has 3 heteroatoms. The van der Waals surface area contributed by atoms with Gasteiger partial charge in [-0.05, 0) is 90.9 Å². The summed E-state index contributed by atoms with van der Waals surface area (Å²) in [5.41, 5.74) is 5.88. The van der Waals surface area contributed by atoms with Crippen molar-refractivity contribution < 1.29 is 0 Å². The molecule has 0 aromatic heterocycles. The first-order chi connectivity index (χ1) is 13.7. The minimum Gasteiger partial charge on any atom is -0.195 e. The normalized spacial score (nSPS) is 9.36. The van der Waals surface area contributed by atoms with E-state index in [1.54, 1.807) is 0 Å². The first kappa shape index (κ1) is 19.7. The van der Waals surface area contributed by atoms with E-state index >= 15 is 0 Å². The van der Waals surface area contributed by atoms with Gasteiger partial charge < -0.3 is 0 Å². The van der Waals surface area contributed by atoms with Crippen LogP contribution in [0.1, 0.15) is 34.7 Å². The number of hydrogen-bond donors (Lipinski definition) is 1. The highest BCUT2D eigenvalue weighted by atomic mass is 32.1. The van der Waals surface area contributed by atoms with Crippen LogP contribution in [0.4, 0.5) is 5.69 Å². The zero-order chi connectivity index (χ0) is 19.8. The molecule has 3 aromatic carbocycles. The molecule has 0 fully saturated rings. The molecule has 0 amide bonds. The van der Waals surface area contributed by atoms with Crippen LogP contribution in [0.15, 0.2) is 76.6 Å². The highest BCUT2D eigenvalue weighted by Gasteiger charge is 1.99. The van der Waals surface area contributed by atoms with E-state index in [0.717, 1.165) is 39.3 Å². The highest BCUT2D eigenvalue weighted by molar-refractivity contribution is 7.80. The number of nitrogens with zero attached hydrogens (tertiary/aromatic N) is 1. The van der Waals surface area contributed by atoms with Crippen LogP contribution in [0, 0.1) is 23.7 Å². The van der Waals surface area contributed by atoms with Crippen LogP contribution in [0.25, 0.3) is 0 Å². The minimum absolute atomic E-state index is 0.779. The lowest BCUT2D eigenvalue weighted by atomic mass is 10.0. The summed E-state index contributed by atoms with van der Waals surface area (Å²) in [5.74, 6) is 12.9. The monoisotopic (exact) mass is 395 g/mol. The van der Waals surface area contributed by atoms with Crippen molar-refractivity contribution in [2.24, 2.45) is 4.99 Å². The summed E-state index contributed by atoms with van der Waals surface area (Å²) >= 11 is 8.91. The number of rotatable bonds is 2. The fourth-order valence-electron chi connectivity index (χ4n) is 2.59. The Kier molecular flexibility index (Phi) is 6.85. The second-order valence-electron chi connectivity index (χ2n) is 6.02. The average Bonchev–Trinajstić information content (AvgIpc) is 2.73. The van der Waals surface area contributed by atoms with E-state index in [1.807, 2.05) is 60.7 Å². The number of aryl methyl sites for hydroxylation is 1. The lowest BCUT2D eigenvalue weighted by molar-refractivity contribution is 1.13. The SMILES string of the molecule is CCc1cc(C#Cc2ccc(S)cc2)ccc1C#Cc1ccc(N=C=S)cc1. The Labute approximate surface area is 177 Å². The van der Waals surface area contributed by atoms with Crippen LogP contribution < -0.4 is 0 Å². The predicted molar refractivity (Wildman–Crippen MR) is 123 cm³/mol. The van der Waals surface area contributed by atoms with Crippen LogP contribution in [-0.2, 0) is 6.42 Å². The first-order valence-electron chi connectivity index (χ1n) is 8.82. The van der Waals surface area contributed by atoms with Crippen molar-refractivity contribution in [2.45, 2.75) is 18.2 Å². The van der Waals surface area contributed by atoms with Crippen LogP contribution in [0.5, 0.6) is 0 Å². The number of thiocarbonyl (C=S) groups is 1. The summed E-state index contributed by atoms with van der Waals surface area (Å²) in [5, 5.41) is 2.36. The molecule has 0 atom stereocenters. The molecule has 3 aromatic rings. The van der Waals surface area contributed by atoms with Gasteiger partial charge in [0.1, 0.15) is 0 Å². The van der Waals surface area contributed by atoms with Crippen molar-refractivity contribution in [3.05, 3.63) is 94.5 Å². The molecule has 0 aliphatic carbocycles. The Morgan fingerprint density at radius 1 is 0.786 bits per heavy atom. The zero-order valence-electron chi connectivity index (χ0n) is 15.4. The Morgan fingerprint density at radius 3 is 2.00 bits per heavy atom. The van der Waals surface area contributed by atoms with Crippen molar-refractivity contribution in [3.8, 4) is 23.7 Å². The molecule has 0 aliphatic rings. The standard InChI is InChI=1S/C25H17NS2/c1-2-22-17-21(4-3-19-9-15-25(28)16-10-19)6-12-23(22)11-5-20-7-13-24(14-8-20)26-18-27/h6-10,12-17,28H,2H2,1H3. The van der Waals surface area contributed by atoms with E-state index in [2.05, 4.69) is 71.7 Å². The number of isothiocyanates is 1. The summed E-state index contributed by atoms with van der Waals surface area (Å²) in [7, 11) is 0. The molecule has 28 heavy (non-hydrogen) atoms. The van der Waals surface area contributed by atoms with Gasteiger partial charge in [0.15, 0.2) is 0 Å². The summed E-state index contributed by atoms with van der Waals surface area (Å²) in [6.45, 7) is 2.13. The maximum Gasteiger partial charge on any atom is 0.0740 e. The highest BCUT2D eigenvalue weighted by Crippen LogP contribution is 2.14.